The highest BCUT2D eigenvalue weighted by Crippen LogP contribution is 2.22. The number of thiophene rings is 1. The highest BCUT2D eigenvalue weighted by atomic mass is 79.9. The van der Waals surface area contributed by atoms with Crippen molar-refractivity contribution in [3.63, 3.8) is 0 Å². The zero-order chi connectivity index (χ0) is 10.8. The smallest absolute Gasteiger partial charge is 0.0332 e. The van der Waals surface area contributed by atoms with E-state index in [0.29, 0.717) is 12.1 Å². The molecule has 1 aliphatic rings. The Hall–Kier alpha value is 0.390. The Morgan fingerprint density at radius 3 is 2.94 bits per heavy atom. The van der Waals surface area contributed by atoms with Crippen molar-refractivity contribution < 1.29 is 0 Å². The number of hydrogen-bond acceptors (Lipinski definition) is 3. The molecule has 92 valence electrons. The largest absolute Gasteiger partial charge is 0.311 e. The van der Waals surface area contributed by atoms with Crippen LogP contribution in [0.5, 0.6) is 0 Å². The average Bonchev–Trinajstić information content (AvgIpc) is 2.58. The number of nitrogens with one attached hydrogen (secondary N) is 1. The summed E-state index contributed by atoms with van der Waals surface area (Å²) in [5, 5.41) is 5.66. The van der Waals surface area contributed by atoms with Gasteiger partial charge in [-0.15, -0.1) is 23.7 Å². The van der Waals surface area contributed by atoms with Gasteiger partial charge in [0.25, 0.3) is 0 Å². The van der Waals surface area contributed by atoms with Crippen molar-refractivity contribution in [1.29, 1.82) is 0 Å². The predicted molar refractivity (Wildman–Crippen MR) is 76.6 cm³/mol. The summed E-state index contributed by atoms with van der Waals surface area (Å²) in [6.45, 7) is 7.89. The van der Waals surface area contributed by atoms with Crippen LogP contribution in [0.15, 0.2) is 15.9 Å². The van der Waals surface area contributed by atoms with Gasteiger partial charge in [0, 0.05) is 46.4 Å². The Labute approximate surface area is 116 Å². The molecule has 1 aromatic heterocycles. The third-order valence-corrected chi connectivity index (χ3v) is 4.56. The van der Waals surface area contributed by atoms with Crippen LogP contribution < -0.4 is 5.32 Å². The van der Waals surface area contributed by atoms with E-state index >= 15 is 0 Å². The summed E-state index contributed by atoms with van der Waals surface area (Å²) in [5.41, 5.74) is 0. The summed E-state index contributed by atoms with van der Waals surface area (Å²) in [5.74, 6) is 0. The van der Waals surface area contributed by atoms with E-state index in [1.54, 1.807) is 0 Å². The van der Waals surface area contributed by atoms with Crippen LogP contribution in [0, 0.1) is 0 Å². The second-order valence-corrected chi connectivity index (χ2v) is 6.23. The van der Waals surface area contributed by atoms with Crippen LogP contribution in [0.1, 0.15) is 18.7 Å². The minimum Gasteiger partial charge on any atom is -0.311 e. The van der Waals surface area contributed by atoms with Crippen LogP contribution in [-0.4, -0.2) is 30.1 Å². The van der Waals surface area contributed by atoms with Gasteiger partial charge in [-0.2, -0.15) is 0 Å². The van der Waals surface area contributed by atoms with Crippen molar-refractivity contribution in [2.75, 3.05) is 13.1 Å². The molecule has 0 aromatic carbocycles. The molecular weight excluding hydrogens is 308 g/mol. The molecule has 0 bridgehead atoms. The Balaban J connectivity index is 0.00000128. The van der Waals surface area contributed by atoms with Gasteiger partial charge in [-0.3, -0.25) is 4.90 Å². The molecule has 0 aliphatic carbocycles. The summed E-state index contributed by atoms with van der Waals surface area (Å²) in [6, 6.07) is 3.48. The molecule has 16 heavy (non-hydrogen) atoms. The van der Waals surface area contributed by atoms with E-state index < -0.39 is 0 Å². The van der Waals surface area contributed by atoms with Crippen molar-refractivity contribution in [2.24, 2.45) is 0 Å². The molecule has 0 amide bonds. The number of nitrogens with zero attached hydrogens (tertiary/aromatic N) is 1. The SMILES string of the molecule is CC1CN(Cc2cc(Br)cs2)C(C)CN1.Cl. The van der Waals surface area contributed by atoms with Crippen molar-refractivity contribution in [2.45, 2.75) is 32.5 Å². The minimum atomic E-state index is 0. The Bertz CT molecular complexity index is 332. The zero-order valence-corrected chi connectivity index (χ0v) is 12.8. The first-order chi connectivity index (χ1) is 7.15. The molecule has 0 radical (unpaired) electrons. The van der Waals surface area contributed by atoms with Crippen LogP contribution in [0.4, 0.5) is 0 Å². The lowest BCUT2D eigenvalue weighted by atomic mass is 10.1. The van der Waals surface area contributed by atoms with Gasteiger partial charge >= 0.3 is 0 Å². The van der Waals surface area contributed by atoms with Gasteiger partial charge in [0.2, 0.25) is 0 Å². The normalized spacial score (nSPS) is 26.4. The summed E-state index contributed by atoms with van der Waals surface area (Å²) in [7, 11) is 0. The zero-order valence-electron chi connectivity index (χ0n) is 9.57. The lowest BCUT2D eigenvalue weighted by Crippen LogP contribution is -2.53. The number of hydrogen-bond donors (Lipinski definition) is 1. The summed E-state index contributed by atoms with van der Waals surface area (Å²) in [6.07, 6.45) is 0. The highest BCUT2D eigenvalue weighted by Gasteiger charge is 2.22. The molecule has 2 nitrogen and oxygen atoms in total. The quantitative estimate of drug-likeness (QED) is 0.899. The fourth-order valence-corrected chi connectivity index (χ4v) is 3.43. The van der Waals surface area contributed by atoms with E-state index in [1.165, 1.54) is 9.35 Å². The predicted octanol–water partition coefficient (Wildman–Crippen LogP) is 3.11. The fourth-order valence-electron chi connectivity index (χ4n) is 1.95. The first-order valence-electron chi connectivity index (χ1n) is 5.35. The maximum atomic E-state index is 3.51. The standard InChI is InChI=1S/C11H17BrN2S.ClH/c1-8-5-14(9(2)4-13-8)6-11-3-10(12)7-15-11;/h3,7-9,13H,4-6H2,1-2H3;1H. The molecule has 2 heterocycles. The summed E-state index contributed by atoms with van der Waals surface area (Å²) < 4.78 is 1.21. The summed E-state index contributed by atoms with van der Waals surface area (Å²) >= 11 is 5.34. The third-order valence-electron chi connectivity index (χ3n) is 2.87. The van der Waals surface area contributed by atoms with E-state index in [2.05, 4.69) is 51.4 Å². The van der Waals surface area contributed by atoms with Crippen LogP contribution in [-0.2, 0) is 6.54 Å². The Morgan fingerprint density at radius 2 is 2.31 bits per heavy atom. The average molecular weight is 326 g/mol. The van der Waals surface area contributed by atoms with Crippen molar-refractivity contribution in [3.05, 3.63) is 20.8 Å². The second kappa shape index (κ2) is 6.36. The Morgan fingerprint density at radius 1 is 1.56 bits per heavy atom. The van der Waals surface area contributed by atoms with E-state index in [4.69, 9.17) is 0 Å². The van der Waals surface area contributed by atoms with E-state index in [1.807, 2.05) is 11.3 Å². The van der Waals surface area contributed by atoms with Crippen molar-refractivity contribution in [3.8, 4) is 0 Å². The number of halogens is 2. The third kappa shape index (κ3) is 3.70. The maximum Gasteiger partial charge on any atom is 0.0332 e. The van der Waals surface area contributed by atoms with Crippen LogP contribution >= 0.6 is 39.7 Å². The maximum absolute atomic E-state index is 3.51. The second-order valence-electron chi connectivity index (χ2n) is 4.32. The van der Waals surface area contributed by atoms with Crippen LogP contribution in [0.25, 0.3) is 0 Å². The van der Waals surface area contributed by atoms with Gasteiger partial charge in [-0.25, -0.2) is 0 Å². The van der Waals surface area contributed by atoms with Gasteiger partial charge in [-0.05, 0) is 35.8 Å². The van der Waals surface area contributed by atoms with E-state index in [-0.39, 0.29) is 12.4 Å². The lowest BCUT2D eigenvalue weighted by Gasteiger charge is -2.37. The molecule has 1 aliphatic heterocycles. The monoisotopic (exact) mass is 324 g/mol. The molecule has 1 aromatic rings. The van der Waals surface area contributed by atoms with Crippen LogP contribution in [0.3, 0.4) is 0 Å². The first kappa shape index (κ1) is 14.5. The summed E-state index contributed by atoms with van der Waals surface area (Å²) in [4.78, 5) is 4.00. The molecule has 5 heteroatoms. The highest BCUT2D eigenvalue weighted by molar-refractivity contribution is 9.10. The fraction of sp³-hybridized carbons (Fsp3) is 0.636. The number of rotatable bonds is 2. The molecule has 2 unspecified atom stereocenters. The first-order valence-corrected chi connectivity index (χ1v) is 7.03. The van der Waals surface area contributed by atoms with Crippen molar-refractivity contribution in [1.82, 2.24) is 10.2 Å². The molecule has 1 saturated heterocycles. The molecule has 0 saturated carbocycles. The van der Waals surface area contributed by atoms with Gasteiger partial charge in [0.1, 0.15) is 0 Å². The molecule has 2 rings (SSSR count). The molecule has 0 spiro atoms. The van der Waals surface area contributed by atoms with Crippen LogP contribution in [0.2, 0.25) is 0 Å². The lowest BCUT2D eigenvalue weighted by molar-refractivity contribution is 0.140. The van der Waals surface area contributed by atoms with E-state index in [9.17, 15) is 0 Å². The van der Waals surface area contributed by atoms with Crippen molar-refractivity contribution >= 4 is 39.7 Å². The molecule has 2 atom stereocenters. The topological polar surface area (TPSA) is 15.3 Å². The number of piperazine rings is 1. The van der Waals surface area contributed by atoms with Gasteiger partial charge < -0.3 is 5.32 Å². The van der Waals surface area contributed by atoms with E-state index in [0.717, 1.165) is 19.6 Å². The van der Waals surface area contributed by atoms with Gasteiger partial charge in [0.05, 0.1) is 0 Å². The molecule has 1 N–H and O–H groups in total. The Kier molecular flexibility index (Phi) is 5.74. The molecular formula is C11H18BrClN2S. The molecule has 1 fully saturated rings. The van der Waals surface area contributed by atoms with Gasteiger partial charge in [-0.1, -0.05) is 0 Å². The minimum absolute atomic E-state index is 0. The van der Waals surface area contributed by atoms with Gasteiger partial charge in [0.15, 0.2) is 0 Å².